The Morgan fingerprint density at radius 1 is 1.00 bits per heavy atom. The third-order valence-electron chi connectivity index (χ3n) is 3.63. The van der Waals surface area contributed by atoms with E-state index in [1.807, 2.05) is 0 Å². The molecule has 3 rings (SSSR count). The number of hydrogen-bond acceptors (Lipinski definition) is 3. The molecule has 0 heterocycles. The van der Waals surface area contributed by atoms with Crippen LogP contribution < -0.4 is 0 Å². The van der Waals surface area contributed by atoms with E-state index in [0.717, 1.165) is 6.08 Å². The lowest BCUT2D eigenvalue weighted by Crippen LogP contribution is -2.22. The molecule has 0 spiro atoms. The number of rotatable bonds is 2. The van der Waals surface area contributed by atoms with Crippen LogP contribution in [0.5, 0.6) is 0 Å². The highest BCUT2D eigenvalue weighted by molar-refractivity contribution is 6.38. The molecule has 1 aliphatic rings. The molecule has 1 aliphatic carbocycles. The zero-order valence-electron chi connectivity index (χ0n) is 11.7. The topological polar surface area (TPSA) is 51.2 Å². The van der Waals surface area contributed by atoms with Gasteiger partial charge in [-0.1, -0.05) is 35.9 Å². The van der Waals surface area contributed by atoms with E-state index in [1.165, 1.54) is 0 Å². The van der Waals surface area contributed by atoms with Crippen LogP contribution in [0.25, 0.3) is 0 Å². The van der Waals surface area contributed by atoms with E-state index >= 15 is 0 Å². The fraction of sp³-hybridized carbons (Fsp3) is 0.0556. The summed E-state index contributed by atoms with van der Waals surface area (Å²) < 4.78 is 0. The smallest absolute Gasteiger partial charge is 0.197 e. The monoisotopic (exact) mass is 310 g/mol. The minimum absolute atomic E-state index is 0.103. The van der Waals surface area contributed by atoms with Crippen LogP contribution in [0.1, 0.15) is 36.6 Å². The van der Waals surface area contributed by atoms with E-state index in [4.69, 9.17) is 11.6 Å². The molecule has 0 saturated carbocycles. The lowest BCUT2D eigenvalue weighted by Gasteiger charge is -2.15. The van der Waals surface area contributed by atoms with Gasteiger partial charge in [0.25, 0.3) is 0 Å². The van der Waals surface area contributed by atoms with Crippen molar-refractivity contribution in [2.24, 2.45) is 0 Å². The fourth-order valence-corrected chi connectivity index (χ4v) is 2.74. The summed E-state index contributed by atoms with van der Waals surface area (Å²) in [7, 11) is 0. The van der Waals surface area contributed by atoms with Crippen molar-refractivity contribution in [2.75, 3.05) is 0 Å². The van der Waals surface area contributed by atoms with Gasteiger partial charge in [-0.15, -0.1) is 0 Å². The number of fused-ring (bicyclic) bond motifs is 1. The van der Waals surface area contributed by atoms with E-state index in [9.17, 15) is 14.4 Å². The molecule has 0 aromatic heterocycles. The van der Waals surface area contributed by atoms with Gasteiger partial charge in [0, 0.05) is 27.8 Å². The van der Waals surface area contributed by atoms with Crippen LogP contribution in [-0.4, -0.2) is 17.3 Å². The van der Waals surface area contributed by atoms with E-state index in [0.29, 0.717) is 21.7 Å². The molecule has 0 N–H and O–H groups in total. The molecule has 22 heavy (non-hydrogen) atoms. The first-order valence-electron chi connectivity index (χ1n) is 6.69. The summed E-state index contributed by atoms with van der Waals surface area (Å²) in [4.78, 5) is 37.2. The van der Waals surface area contributed by atoms with Crippen LogP contribution in [0, 0.1) is 6.92 Å². The Balaban J connectivity index is 2.08. The number of carbonyl (C=O) groups is 3. The molecule has 0 unspecified atom stereocenters. The van der Waals surface area contributed by atoms with Crippen molar-refractivity contribution in [1.29, 1.82) is 0 Å². The van der Waals surface area contributed by atoms with Gasteiger partial charge < -0.3 is 0 Å². The van der Waals surface area contributed by atoms with Crippen LogP contribution in [0.3, 0.4) is 0 Å². The first-order valence-corrected chi connectivity index (χ1v) is 7.07. The lowest BCUT2D eigenvalue weighted by atomic mass is 9.85. The lowest BCUT2D eigenvalue weighted by molar-refractivity contribution is 0.0934. The minimum Gasteiger partial charge on any atom is -0.289 e. The van der Waals surface area contributed by atoms with Gasteiger partial charge in [0.1, 0.15) is 0 Å². The van der Waals surface area contributed by atoms with Crippen molar-refractivity contribution in [2.45, 2.75) is 6.92 Å². The summed E-state index contributed by atoms with van der Waals surface area (Å²) >= 11 is 5.88. The predicted octanol–water partition coefficient (Wildman–Crippen LogP) is 3.84. The number of allylic oxidation sites excluding steroid dienone is 2. The summed E-state index contributed by atoms with van der Waals surface area (Å²) in [6.07, 6.45) is 1.13. The molecule has 0 aliphatic heterocycles. The molecule has 0 bridgehead atoms. The highest BCUT2D eigenvalue weighted by atomic mass is 35.5. The molecule has 3 nitrogen and oxygen atoms in total. The maximum atomic E-state index is 12.6. The molecule has 0 saturated heterocycles. The third kappa shape index (κ3) is 2.30. The SMILES string of the molecule is Cc1cc(Cl)ccc1C(=O)C1=CC(=O)c2ccccc2C1=O. The summed E-state index contributed by atoms with van der Waals surface area (Å²) in [6.45, 7) is 1.74. The van der Waals surface area contributed by atoms with Crippen molar-refractivity contribution in [3.05, 3.63) is 81.4 Å². The van der Waals surface area contributed by atoms with Crippen molar-refractivity contribution in [3.8, 4) is 0 Å². The Kier molecular flexibility index (Phi) is 3.51. The van der Waals surface area contributed by atoms with Gasteiger partial charge in [-0.25, -0.2) is 0 Å². The van der Waals surface area contributed by atoms with Crippen LogP contribution in [0.15, 0.2) is 54.1 Å². The number of hydrogen-bond donors (Lipinski definition) is 0. The fourth-order valence-electron chi connectivity index (χ4n) is 2.51. The molecule has 2 aromatic carbocycles. The first kappa shape index (κ1) is 14.4. The Labute approximate surface area is 132 Å². The quantitative estimate of drug-likeness (QED) is 0.625. The number of aryl methyl sites for hydroxylation is 1. The molecule has 0 fully saturated rings. The molecular weight excluding hydrogens is 300 g/mol. The van der Waals surface area contributed by atoms with Crippen LogP contribution >= 0.6 is 11.6 Å². The van der Waals surface area contributed by atoms with Crippen molar-refractivity contribution in [1.82, 2.24) is 0 Å². The molecule has 4 heteroatoms. The second kappa shape index (κ2) is 5.35. The van der Waals surface area contributed by atoms with Gasteiger partial charge in [-0.3, -0.25) is 14.4 Å². The largest absolute Gasteiger partial charge is 0.289 e. The van der Waals surface area contributed by atoms with E-state index in [1.54, 1.807) is 49.4 Å². The van der Waals surface area contributed by atoms with E-state index < -0.39 is 11.6 Å². The van der Waals surface area contributed by atoms with Crippen molar-refractivity contribution in [3.63, 3.8) is 0 Å². The second-order valence-electron chi connectivity index (χ2n) is 5.09. The number of Topliss-reactive ketones (excluding diaryl/α,β-unsaturated/α-hetero) is 2. The summed E-state index contributed by atoms with van der Waals surface area (Å²) in [5, 5.41) is 0.513. The Morgan fingerprint density at radius 3 is 2.36 bits per heavy atom. The highest BCUT2D eigenvalue weighted by Gasteiger charge is 2.30. The maximum Gasteiger partial charge on any atom is 0.197 e. The van der Waals surface area contributed by atoms with E-state index in [-0.39, 0.29) is 16.9 Å². The second-order valence-corrected chi connectivity index (χ2v) is 5.52. The third-order valence-corrected chi connectivity index (χ3v) is 3.87. The van der Waals surface area contributed by atoms with Crippen LogP contribution in [0.4, 0.5) is 0 Å². The summed E-state index contributed by atoms with van der Waals surface area (Å²) in [6, 6.07) is 11.3. The number of carbonyl (C=O) groups excluding carboxylic acids is 3. The zero-order valence-corrected chi connectivity index (χ0v) is 12.5. The standard InChI is InChI=1S/C18H11ClO3/c1-10-8-11(19)6-7-12(10)17(21)15-9-16(20)13-4-2-3-5-14(13)18(15)22/h2-9H,1H3. The van der Waals surface area contributed by atoms with Gasteiger partial charge in [-0.2, -0.15) is 0 Å². The number of benzene rings is 2. The van der Waals surface area contributed by atoms with Gasteiger partial charge in [0.15, 0.2) is 17.3 Å². The number of ketones is 3. The predicted molar refractivity (Wildman–Crippen MR) is 83.7 cm³/mol. The van der Waals surface area contributed by atoms with Gasteiger partial charge >= 0.3 is 0 Å². The molecule has 0 atom stereocenters. The number of halogens is 1. The Hall–Kier alpha value is -2.52. The van der Waals surface area contributed by atoms with E-state index in [2.05, 4.69) is 0 Å². The first-order chi connectivity index (χ1) is 10.5. The Bertz CT molecular complexity index is 862. The van der Waals surface area contributed by atoms with Gasteiger partial charge in [0.05, 0.1) is 5.57 Å². The molecule has 108 valence electrons. The summed E-state index contributed by atoms with van der Waals surface area (Å²) in [5.41, 5.74) is 1.53. The molecular formula is C18H11ClO3. The average molecular weight is 311 g/mol. The maximum absolute atomic E-state index is 12.6. The molecule has 2 aromatic rings. The van der Waals surface area contributed by atoms with Gasteiger partial charge in [0.2, 0.25) is 0 Å². The van der Waals surface area contributed by atoms with Gasteiger partial charge in [-0.05, 0) is 30.7 Å². The van der Waals surface area contributed by atoms with Crippen LogP contribution in [0.2, 0.25) is 5.02 Å². The molecule has 0 radical (unpaired) electrons. The normalized spacial score (nSPS) is 13.6. The van der Waals surface area contributed by atoms with Crippen molar-refractivity contribution < 1.29 is 14.4 Å². The average Bonchev–Trinajstić information content (AvgIpc) is 2.50. The zero-order chi connectivity index (χ0) is 15.9. The highest BCUT2D eigenvalue weighted by Crippen LogP contribution is 2.25. The molecule has 0 amide bonds. The summed E-state index contributed by atoms with van der Waals surface area (Å²) in [5.74, 6) is -1.21. The van der Waals surface area contributed by atoms with Crippen LogP contribution in [-0.2, 0) is 0 Å². The minimum atomic E-state index is -0.456. The van der Waals surface area contributed by atoms with Crippen molar-refractivity contribution >= 4 is 29.0 Å². The Morgan fingerprint density at radius 2 is 1.68 bits per heavy atom.